The highest BCUT2D eigenvalue weighted by atomic mass is 32.2. The lowest BCUT2D eigenvalue weighted by Gasteiger charge is -2.15. The normalized spacial score (nSPS) is 14.3. The molecule has 1 aliphatic heterocycles. The van der Waals surface area contributed by atoms with Gasteiger partial charge in [0.1, 0.15) is 11.6 Å². The Labute approximate surface area is 208 Å². The maximum atomic E-state index is 14.4. The number of nitrogens with one attached hydrogen (secondary N) is 2. The van der Waals surface area contributed by atoms with Crippen LogP contribution in [0.1, 0.15) is 12.8 Å². The van der Waals surface area contributed by atoms with Gasteiger partial charge in [-0.2, -0.15) is 0 Å². The predicted octanol–water partition coefficient (Wildman–Crippen LogP) is 3.73. The largest absolute Gasteiger partial charge is 0.369 e. The van der Waals surface area contributed by atoms with Crippen molar-refractivity contribution < 1.29 is 12.8 Å². The van der Waals surface area contributed by atoms with E-state index in [1.165, 1.54) is 43.3 Å². The summed E-state index contributed by atoms with van der Waals surface area (Å²) in [6.07, 6.45) is 5.77. The average Bonchev–Trinajstić information content (AvgIpc) is 3.38. The van der Waals surface area contributed by atoms with Crippen LogP contribution in [0.4, 0.5) is 21.8 Å². The average molecular weight is 508 g/mol. The fourth-order valence-corrected chi connectivity index (χ4v) is 4.77. The number of nitrogens with two attached hydrogens (primary N) is 1. The molecule has 1 aliphatic rings. The molecular formula is C25H26FN7O2S. The Hall–Kier alpha value is -3.67. The number of nitrogens with zero attached hydrogens (tertiary/aromatic N) is 4. The number of rotatable bonds is 8. The van der Waals surface area contributed by atoms with Gasteiger partial charge in [-0.1, -0.05) is 0 Å². The summed E-state index contributed by atoms with van der Waals surface area (Å²) in [4.78, 5) is 15.8. The minimum Gasteiger partial charge on any atom is -0.369 e. The van der Waals surface area contributed by atoms with Gasteiger partial charge in [0.25, 0.3) is 0 Å². The van der Waals surface area contributed by atoms with Crippen LogP contribution in [0, 0.1) is 5.82 Å². The van der Waals surface area contributed by atoms with Gasteiger partial charge in [-0.15, -0.1) is 0 Å². The van der Waals surface area contributed by atoms with Crippen LogP contribution in [-0.2, 0) is 10.0 Å². The Kier molecular flexibility index (Phi) is 6.77. The van der Waals surface area contributed by atoms with E-state index in [9.17, 15) is 12.8 Å². The number of anilines is 3. The Balaban J connectivity index is 1.36. The number of pyridine rings is 1. The molecule has 0 amide bonds. The number of likely N-dealkylation sites (tertiary alicyclic amines) is 1. The van der Waals surface area contributed by atoms with E-state index >= 15 is 0 Å². The summed E-state index contributed by atoms with van der Waals surface area (Å²) in [5.41, 5.74) is 2.46. The van der Waals surface area contributed by atoms with Gasteiger partial charge in [0.2, 0.25) is 16.0 Å². The highest BCUT2D eigenvalue weighted by Crippen LogP contribution is 2.29. The monoisotopic (exact) mass is 507 g/mol. The van der Waals surface area contributed by atoms with Crippen LogP contribution in [-0.4, -0.2) is 54.4 Å². The van der Waals surface area contributed by atoms with E-state index < -0.39 is 15.8 Å². The van der Waals surface area contributed by atoms with Gasteiger partial charge in [-0.3, -0.25) is 0 Å². The van der Waals surface area contributed by atoms with Crippen LogP contribution < -0.4 is 15.8 Å². The molecule has 0 atom stereocenters. The summed E-state index contributed by atoms with van der Waals surface area (Å²) in [6.45, 7) is 4.10. The Morgan fingerprint density at radius 1 is 1.00 bits per heavy atom. The molecule has 1 fully saturated rings. The van der Waals surface area contributed by atoms with Gasteiger partial charge in [-0.25, -0.2) is 32.9 Å². The minimum absolute atomic E-state index is 0.00623. The minimum atomic E-state index is -3.78. The van der Waals surface area contributed by atoms with Crippen molar-refractivity contribution >= 4 is 38.4 Å². The molecule has 0 unspecified atom stereocenters. The third-order valence-corrected chi connectivity index (χ3v) is 7.02. The maximum Gasteiger partial charge on any atom is 0.238 e. The predicted molar refractivity (Wildman–Crippen MR) is 138 cm³/mol. The van der Waals surface area contributed by atoms with Gasteiger partial charge in [0.15, 0.2) is 0 Å². The lowest BCUT2D eigenvalue weighted by atomic mass is 10.0. The first-order valence-corrected chi connectivity index (χ1v) is 13.2. The van der Waals surface area contributed by atoms with Crippen molar-refractivity contribution in [2.24, 2.45) is 5.14 Å². The zero-order chi connectivity index (χ0) is 25.1. The maximum absolute atomic E-state index is 14.4. The fraction of sp³-hybridized carbons (Fsp3) is 0.240. The van der Waals surface area contributed by atoms with Gasteiger partial charge < -0.3 is 15.5 Å². The smallest absolute Gasteiger partial charge is 0.238 e. The van der Waals surface area contributed by atoms with Crippen molar-refractivity contribution in [3.8, 4) is 11.1 Å². The third kappa shape index (κ3) is 5.59. The molecule has 3 heterocycles. The quantitative estimate of drug-likeness (QED) is 0.329. The Morgan fingerprint density at radius 2 is 1.78 bits per heavy atom. The molecular weight excluding hydrogens is 481 g/mol. The third-order valence-electron chi connectivity index (χ3n) is 6.09. The van der Waals surface area contributed by atoms with Crippen LogP contribution in [0.5, 0.6) is 0 Å². The van der Waals surface area contributed by atoms with E-state index in [0.717, 1.165) is 37.6 Å². The number of hydrogen-bond donors (Lipinski definition) is 3. The molecule has 36 heavy (non-hydrogen) atoms. The summed E-state index contributed by atoms with van der Waals surface area (Å²) in [6, 6.07) is 12.5. The van der Waals surface area contributed by atoms with Crippen molar-refractivity contribution in [3.63, 3.8) is 0 Å². The van der Waals surface area contributed by atoms with Gasteiger partial charge >= 0.3 is 0 Å². The van der Waals surface area contributed by atoms with Crippen molar-refractivity contribution in [2.75, 3.05) is 36.8 Å². The molecule has 186 valence electrons. The standard InChI is InChI=1S/C25H26FN7O2S/c26-19-13-18-16-30-25(31-20-4-6-21(7-5-20)36(27,34)35)32-24(18)22(14-19)17-3-8-23(29-15-17)28-9-12-33-10-1-2-11-33/h3-8,13-16H,1-2,9-12H2,(H,28,29)(H2,27,34,35)(H,30,31,32). The molecule has 2 aromatic carbocycles. The van der Waals surface area contributed by atoms with E-state index in [4.69, 9.17) is 5.14 Å². The molecule has 9 nitrogen and oxygen atoms in total. The molecule has 4 aromatic rings. The molecule has 2 aromatic heterocycles. The Morgan fingerprint density at radius 3 is 2.47 bits per heavy atom. The van der Waals surface area contributed by atoms with Crippen molar-refractivity contribution in [1.29, 1.82) is 0 Å². The first-order valence-electron chi connectivity index (χ1n) is 11.6. The number of halogens is 1. The summed E-state index contributed by atoms with van der Waals surface area (Å²) in [5, 5.41) is 12.1. The number of primary sulfonamides is 1. The summed E-state index contributed by atoms with van der Waals surface area (Å²) < 4.78 is 37.3. The second kappa shape index (κ2) is 10.1. The first-order chi connectivity index (χ1) is 17.3. The van der Waals surface area contributed by atoms with E-state index in [1.54, 1.807) is 18.3 Å². The molecule has 11 heteroatoms. The van der Waals surface area contributed by atoms with E-state index in [1.807, 2.05) is 12.1 Å². The van der Waals surface area contributed by atoms with Crippen LogP contribution in [0.2, 0.25) is 0 Å². The summed E-state index contributed by atoms with van der Waals surface area (Å²) in [5.74, 6) is 0.652. The number of hydrogen-bond acceptors (Lipinski definition) is 8. The first kappa shape index (κ1) is 24.0. The molecule has 0 spiro atoms. The molecule has 0 bridgehead atoms. The highest BCUT2D eigenvalue weighted by Gasteiger charge is 2.13. The molecule has 1 saturated heterocycles. The topological polar surface area (TPSA) is 126 Å². The highest BCUT2D eigenvalue weighted by molar-refractivity contribution is 7.89. The van der Waals surface area contributed by atoms with E-state index in [0.29, 0.717) is 22.2 Å². The molecule has 0 saturated carbocycles. The second-order valence-electron chi connectivity index (χ2n) is 8.69. The zero-order valence-electron chi connectivity index (χ0n) is 19.5. The fourth-order valence-electron chi connectivity index (χ4n) is 4.25. The van der Waals surface area contributed by atoms with Gasteiger partial charge in [0, 0.05) is 47.7 Å². The van der Waals surface area contributed by atoms with Crippen LogP contribution in [0.25, 0.3) is 22.0 Å². The lowest BCUT2D eigenvalue weighted by Crippen LogP contribution is -2.26. The molecule has 0 aliphatic carbocycles. The number of benzene rings is 2. The molecule has 5 rings (SSSR count). The van der Waals surface area contributed by atoms with Crippen molar-refractivity contribution in [2.45, 2.75) is 17.7 Å². The second-order valence-corrected chi connectivity index (χ2v) is 10.2. The number of fused-ring (bicyclic) bond motifs is 1. The summed E-state index contributed by atoms with van der Waals surface area (Å²) in [7, 11) is -3.78. The van der Waals surface area contributed by atoms with Crippen LogP contribution in [0.15, 0.2) is 65.8 Å². The van der Waals surface area contributed by atoms with Crippen LogP contribution >= 0.6 is 0 Å². The van der Waals surface area contributed by atoms with Crippen LogP contribution in [0.3, 0.4) is 0 Å². The van der Waals surface area contributed by atoms with E-state index in [2.05, 4.69) is 30.5 Å². The lowest BCUT2D eigenvalue weighted by molar-refractivity contribution is 0.352. The molecule has 4 N–H and O–H groups in total. The summed E-state index contributed by atoms with van der Waals surface area (Å²) >= 11 is 0. The SMILES string of the molecule is NS(=O)(=O)c1ccc(Nc2ncc3cc(F)cc(-c4ccc(NCCN5CCCC5)nc4)c3n2)cc1. The number of aromatic nitrogens is 3. The van der Waals surface area contributed by atoms with Crippen molar-refractivity contribution in [1.82, 2.24) is 19.9 Å². The molecule has 0 radical (unpaired) electrons. The van der Waals surface area contributed by atoms with Crippen molar-refractivity contribution in [3.05, 3.63) is 66.7 Å². The zero-order valence-corrected chi connectivity index (χ0v) is 20.3. The van der Waals surface area contributed by atoms with Gasteiger partial charge in [-0.05, 0) is 74.5 Å². The Bertz CT molecular complexity index is 1470. The number of sulfonamides is 1. The van der Waals surface area contributed by atoms with Gasteiger partial charge in [0.05, 0.1) is 10.4 Å². The van der Waals surface area contributed by atoms with E-state index in [-0.39, 0.29) is 10.8 Å².